The van der Waals surface area contributed by atoms with Crippen molar-refractivity contribution in [1.82, 2.24) is 5.32 Å². The molecule has 0 bridgehead atoms. The maximum Gasteiger partial charge on any atom is 0.411 e. The van der Waals surface area contributed by atoms with Gasteiger partial charge in [-0.15, -0.1) is 0 Å². The first-order valence-corrected chi connectivity index (χ1v) is 6.06. The van der Waals surface area contributed by atoms with Gasteiger partial charge in [0.05, 0.1) is 6.61 Å². The van der Waals surface area contributed by atoms with E-state index in [1.54, 1.807) is 0 Å². The molecule has 4 nitrogen and oxygen atoms in total. The van der Waals surface area contributed by atoms with E-state index in [0.717, 1.165) is 19.3 Å². The molecule has 0 heterocycles. The summed E-state index contributed by atoms with van der Waals surface area (Å²) in [4.78, 5) is 11.5. The van der Waals surface area contributed by atoms with Gasteiger partial charge in [0, 0.05) is 12.5 Å². The Morgan fingerprint density at radius 1 is 1.39 bits per heavy atom. The van der Waals surface area contributed by atoms with Gasteiger partial charge in [-0.25, -0.2) is 0 Å². The van der Waals surface area contributed by atoms with Crippen LogP contribution in [0.2, 0.25) is 0 Å². The molecule has 0 aliphatic heterocycles. The molecule has 1 saturated carbocycles. The van der Waals surface area contributed by atoms with Gasteiger partial charge in [0.25, 0.3) is 0 Å². The number of hydrogen-bond donors (Lipinski definition) is 2. The van der Waals surface area contributed by atoms with E-state index < -0.39 is 12.8 Å². The number of hydrogen-bond acceptors (Lipinski definition) is 3. The minimum atomic E-state index is -4.34. The Bertz CT molecular complexity index is 272. The maximum atomic E-state index is 11.8. The van der Waals surface area contributed by atoms with Crippen LogP contribution in [0.4, 0.5) is 13.2 Å². The lowest BCUT2D eigenvalue weighted by atomic mass is 10.0. The Morgan fingerprint density at radius 2 is 2.11 bits per heavy atom. The molecule has 18 heavy (non-hydrogen) atoms. The van der Waals surface area contributed by atoms with E-state index in [9.17, 15) is 18.0 Å². The van der Waals surface area contributed by atoms with Crippen molar-refractivity contribution in [2.24, 2.45) is 11.7 Å². The minimum Gasteiger partial charge on any atom is -0.372 e. The molecule has 1 fully saturated rings. The average molecular weight is 268 g/mol. The molecule has 1 aliphatic carbocycles. The quantitative estimate of drug-likeness (QED) is 0.711. The summed E-state index contributed by atoms with van der Waals surface area (Å²) in [5.74, 6) is 0.00701. The van der Waals surface area contributed by atoms with Crippen LogP contribution in [-0.4, -0.2) is 37.9 Å². The van der Waals surface area contributed by atoms with Crippen LogP contribution in [0.25, 0.3) is 0 Å². The lowest BCUT2D eigenvalue weighted by Crippen LogP contribution is -2.40. The average Bonchev–Trinajstić information content (AvgIpc) is 2.70. The van der Waals surface area contributed by atoms with Gasteiger partial charge < -0.3 is 15.8 Å². The van der Waals surface area contributed by atoms with E-state index in [1.807, 2.05) is 0 Å². The van der Waals surface area contributed by atoms with Gasteiger partial charge in [-0.3, -0.25) is 4.79 Å². The molecular weight excluding hydrogens is 249 g/mol. The van der Waals surface area contributed by atoms with Crippen molar-refractivity contribution in [2.45, 2.75) is 37.9 Å². The molecule has 0 aromatic rings. The summed E-state index contributed by atoms with van der Waals surface area (Å²) in [7, 11) is 0. The molecule has 106 valence electrons. The monoisotopic (exact) mass is 268 g/mol. The van der Waals surface area contributed by atoms with Crippen molar-refractivity contribution in [2.75, 3.05) is 19.8 Å². The third kappa shape index (κ3) is 5.68. The van der Waals surface area contributed by atoms with Gasteiger partial charge in [-0.05, 0) is 25.3 Å². The van der Waals surface area contributed by atoms with E-state index in [-0.39, 0.29) is 30.9 Å². The zero-order valence-electron chi connectivity index (χ0n) is 10.1. The van der Waals surface area contributed by atoms with E-state index in [2.05, 4.69) is 10.1 Å². The van der Waals surface area contributed by atoms with Gasteiger partial charge >= 0.3 is 6.18 Å². The number of ether oxygens (including phenoxy) is 1. The number of halogens is 3. The summed E-state index contributed by atoms with van der Waals surface area (Å²) < 4.78 is 39.7. The minimum absolute atomic E-state index is 0.0517. The fraction of sp³-hybridized carbons (Fsp3) is 0.909. The highest BCUT2D eigenvalue weighted by atomic mass is 19.4. The molecule has 0 aromatic carbocycles. The van der Waals surface area contributed by atoms with Crippen LogP contribution in [0, 0.1) is 5.92 Å². The van der Waals surface area contributed by atoms with Crippen molar-refractivity contribution >= 4 is 5.91 Å². The lowest BCUT2D eigenvalue weighted by Gasteiger charge is -2.19. The summed E-state index contributed by atoms with van der Waals surface area (Å²) in [5.41, 5.74) is 5.57. The standard InChI is InChI=1S/C11H19F3N2O2/c12-11(13,14)7-18-5-4-10(17)16-9-3-1-2-8(9)6-15/h8-9H,1-7,15H2,(H,16,17). The van der Waals surface area contributed by atoms with Crippen LogP contribution < -0.4 is 11.1 Å². The summed E-state index contributed by atoms with van der Waals surface area (Å²) in [6.07, 6.45) is -1.49. The first-order valence-electron chi connectivity index (χ1n) is 6.06. The lowest BCUT2D eigenvalue weighted by molar-refractivity contribution is -0.174. The van der Waals surface area contributed by atoms with Crippen molar-refractivity contribution in [3.63, 3.8) is 0 Å². The summed E-state index contributed by atoms with van der Waals surface area (Å²) >= 11 is 0. The van der Waals surface area contributed by atoms with Crippen molar-refractivity contribution in [3.8, 4) is 0 Å². The van der Waals surface area contributed by atoms with Crippen LogP contribution in [0.3, 0.4) is 0 Å². The predicted molar refractivity (Wildman–Crippen MR) is 59.8 cm³/mol. The molecule has 0 saturated heterocycles. The van der Waals surface area contributed by atoms with Gasteiger partial charge in [0.2, 0.25) is 5.91 Å². The Labute approximate surface area is 104 Å². The topological polar surface area (TPSA) is 64.3 Å². The van der Waals surface area contributed by atoms with Crippen LogP contribution in [0.15, 0.2) is 0 Å². The van der Waals surface area contributed by atoms with Crippen molar-refractivity contribution in [3.05, 3.63) is 0 Å². The van der Waals surface area contributed by atoms with Crippen LogP contribution in [0.1, 0.15) is 25.7 Å². The molecule has 0 aromatic heterocycles. The fourth-order valence-corrected chi connectivity index (χ4v) is 2.14. The van der Waals surface area contributed by atoms with E-state index in [4.69, 9.17) is 5.73 Å². The van der Waals surface area contributed by atoms with Gasteiger partial charge in [-0.1, -0.05) is 6.42 Å². The molecule has 2 unspecified atom stereocenters. The zero-order valence-corrected chi connectivity index (χ0v) is 10.1. The van der Waals surface area contributed by atoms with Crippen molar-refractivity contribution < 1.29 is 22.7 Å². The number of alkyl halides is 3. The van der Waals surface area contributed by atoms with Gasteiger partial charge in [0.1, 0.15) is 6.61 Å². The summed E-state index contributed by atoms with van der Waals surface area (Å²) in [6, 6.07) is 0.0603. The first-order chi connectivity index (χ1) is 8.42. The highest BCUT2D eigenvalue weighted by molar-refractivity contribution is 5.76. The van der Waals surface area contributed by atoms with E-state index in [1.165, 1.54) is 0 Å². The number of rotatable bonds is 6. The van der Waals surface area contributed by atoms with Gasteiger partial charge in [0.15, 0.2) is 0 Å². The summed E-state index contributed by atoms with van der Waals surface area (Å²) in [5, 5.41) is 2.80. The molecular formula is C11H19F3N2O2. The molecule has 0 spiro atoms. The molecule has 0 radical (unpaired) electrons. The van der Waals surface area contributed by atoms with Crippen molar-refractivity contribution in [1.29, 1.82) is 0 Å². The smallest absolute Gasteiger partial charge is 0.372 e. The number of carbonyl (C=O) groups is 1. The molecule has 3 N–H and O–H groups in total. The van der Waals surface area contributed by atoms with Crippen LogP contribution in [-0.2, 0) is 9.53 Å². The number of nitrogens with one attached hydrogen (secondary N) is 1. The zero-order chi connectivity index (χ0) is 13.6. The Hall–Kier alpha value is -0.820. The molecule has 2 atom stereocenters. The largest absolute Gasteiger partial charge is 0.411 e. The molecule has 1 amide bonds. The van der Waals surface area contributed by atoms with Crippen LogP contribution in [0.5, 0.6) is 0 Å². The second-order valence-corrected chi connectivity index (χ2v) is 4.52. The highest BCUT2D eigenvalue weighted by Crippen LogP contribution is 2.24. The number of carbonyl (C=O) groups excluding carboxylic acids is 1. The Balaban J connectivity index is 2.14. The second-order valence-electron chi connectivity index (χ2n) is 4.52. The molecule has 1 rings (SSSR count). The Morgan fingerprint density at radius 3 is 2.72 bits per heavy atom. The van der Waals surface area contributed by atoms with E-state index in [0.29, 0.717) is 6.54 Å². The third-order valence-electron chi connectivity index (χ3n) is 3.05. The number of nitrogens with two attached hydrogens (primary N) is 1. The van der Waals surface area contributed by atoms with Gasteiger partial charge in [-0.2, -0.15) is 13.2 Å². The molecule has 7 heteroatoms. The Kier molecular flexibility index (Phi) is 5.87. The number of amides is 1. The summed E-state index contributed by atoms with van der Waals surface area (Å²) in [6.45, 7) is -1.00. The SMILES string of the molecule is NCC1CCCC1NC(=O)CCOCC(F)(F)F. The fourth-order valence-electron chi connectivity index (χ4n) is 2.14. The predicted octanol–water partition coefficient (Wildman–Crippen LogP) is 1.20. The molecule has 1 aliphatic rings. The van der Waals surface area contributed by atoms with Crippen LogP contribution >= 0.6 is 0 Å². The van der Waals surface area contributed by atoms with E-state index >= 15 is 0 Å². The first kappa shape index (κ1) is 15.2. The second kappa shape index (κ2) is 6.94. The highest BCUT2D eigenvalue weighted by Gasteiger charge is 2.28. The normalized spacial score (nSPS) is 24.2. The third-order valence-corrected chi connectivity index (χ3v) is 3.05. The maximum absolute atomic E-state index is 11.8.